The van der Waals surface area contributed by atoms with Crippen molar-refractivity contribution in [3.05, 3.63) is 54.0 Å². The van der Waals surface area contributed by atoms with Crippen LogP contribution in [0.15, 0.2) is 42.7 Å². The van der Waals surface area contributed by atoms with Crippen molar-refractivity contribution in [1.82, 2.24) is 25.3 Å². The Kier molecular flexibility index (Phi) is 6.48. The number of nitrogens with one attached hydrogen (secondary N) is 2. The van der Waals surface area contributed by atoms with Crippen molar-refractivity contribution in [2.75, 3.05) is 48.0 Å². The fraction of sp³-hybridized carbons (Fsp3) is 0.375. The zero-order chi connectivity index (χ0) is 23.3. The summed E-state index contributed by atoms with van der Waals surface area (Å²) in [6.07, 6.45) is 4.40. The third-order valence-electron chi connectivity index (χ3n) is 5.84. The Morgan fingerprint density at radius 1 is 1.03 bits per heavy atom. The number of aromatic nitrogens is 4. The molecule has 1 fully saturated rings. The van der Waals surface area contributed by atoms with Crippen LogP contribution >= 0.6 is 0 Å². The summed E-state index contributed by atoms with van der Waals surface area (Å²) >= 11 is 0. The normalized spacial score (nSPS) is 15.2. The van der Waals surface area contributed by atoms with Gasteiger partial charge >= 0.3 is 6.03 Å². The van der Waals surface area contributed by atoms with E-state index < -0.39 is 0 Å². The average molecular weight is 461 g/mol. The zero-order valence-corrected chi connectivity index (χ0v) is 19.2. The number of nitrogens with zero attached hydrogens (tertiary/aromatic N) is 6. The Balaban J connectivity index is 1.43. The minimum atomic E-state index is -0.207. The fourth-order valence-corrected chi connectivity index (χ4v) is 4.12. The molecule has 176 valence electrons. The smallest absolute Gasteiger partial charge is 0.319 e. The summed E-state index contributed by atoms with van der Waals surface area (Å²) in [4.78, 5) is 35.1. The van der Waals surface area contributed by atoms with Crippen LogP contribution in [0.1, 0.15) is 24.6 Å². The lowest BCUT2D eigenvalue weighted by molar-refractivity contribution is 0.122. The highest BCUT2D eigenvalue weighted by atomic mass is 16.5. The molecule has 10 heteroatoms. The van der Waals surface area contributed by atoms with Crippen molar-refractivity contribution in [2.45, 2.75) is 26.4 Å². The molecule has 2 N–H and O–H groups in total. The lowest BCUT2D eigenvalue weighted by Gasteiger charge is -2.29. The van der Waals surface area contributed by atoms with Gasteiger partial charge in [0.1, 0.15) is 5.82 Å². The molecule has 34 heavy (non-hydrogen) atoms. The van der Waals surface area contributed by atoms with Gasteiger partial charge in [0.15, 0.2) is 5.82 Å². The molecule has 0 aliphatic carbocycles. The van der Waals surface area contributed by atoms with Crippen LogP contribution in [0.4, 0.5) is 22.2 Å². The molecule has 1 saturated heterocycles. The van der Waals surface area contributed by atoms with Gasteiger partial charge in [-0.3, -0.25) is 0 Å². The summed E-state index contributed by atoms with van der Waals surface area (Å²) in [5.41, 5.74) is 3.72. The van der Waals surface area contributed by atoms with E-state index in [9.17, 15) is 4.79 Å². The Morgan fingerprint density at radius 2 is 1.79 bits per heavy atom. The van der Waals surface area contributed by atoms with E-state index in [1.165, 1.54) is 0 Å². The van der Waals surface area contributed by atoms with E-state index in [1.54, 1.807) is 12.4 Å². The number of hydrogen-bond donors (Lipinski definition) is 2. The van der Waals surface area contributed by atoms with Gasteiger partial charge in [0, 0.05) is 48.8 Å². The van der Waals surface area contributed by atoms with Gasteiger partial charge in [-0.15, -0.1) is 0 Å². The Morgan fingerprint density at radius 3 is 2.53 bits per heavy atom. The zero-order valence-electron chi connectivity index (χ0n) is 19.2. The molecule has 2 aliphatic heterocycles. The van der Waals surface area contributed by atoms with Crippen LogP contribution in [0.3, 0.4) is 0 Å². The second kappa shape index (κ2) is 10.0. The topological polar surface area (TPSA) is 108 Å². The van der Waals surface area contributed by atoms with Crippen LogP contribution in [0, 0.1) is 0 Å². The third-order valence-corrected chi connectivity index (χ3v) is 5.84. The second-order valence-electron chi connectivity index (χ2n) is 8.26. The second-order valence-corrected chi connectivity index (χ2v) is 8.26. The molecule has 4 heterocycles. The number of anilines is 3. The molecule has 2 aromatic heterocycles. The van der Waals surface area contributed by atoms with Crippen LogP contribution in [0.5, 0.6) is 0 Å². The quantitative estimate of drug-likeness (QED) is 0.578. The van der Waals surface area contributed by atoms with Crippen molar-refractivity contribution >= 4 is 23.5 Å². The molecule has 0 spiro atoms. The molecule has 1 aromatic carbocycles. The number of carbonyl (C=O) groups is 1. The molecule has 2 aliphatic rings. The van der Waals surface area contributed by atoms with Crippen LogP contribution in [-0.4, -0.2) is 58.8 Å². The summed E-state index contributed by atoms with van der Waals surface area (Å²) < 4.78 is 5.56. The highest BCUT2D eigenvalue weighted by Crippen LogP contribution is 2.33. The van der Waals surface area contributed by atoms with Gasteiger partial charge in [-0.05, 0) is 36.8 Å². The number of ether oxygens (including phenoxy) is 1. The number of morpholine rings is 1. The van der Waals surface area contributed by atoms with E-state index >= 15 is 0 Å². The maximum atomic E-state index is 11.9. The molecular formula is C24H28N8O2. The Bertz CT molecular complexity index is 1130. The maximum Gasteiger partial charge on any atom is 0.319 e. The standard InChI is InChI=1S/C24H28N8O2/c1-2-8-27-24(33)28-18-6-4-17(5-7-18)21-29-20-16-32(23-25-9-3-10-26-23)15-19(20)22(30-21)31-11-13-34-14-12-31/h3-7,9-10H,2,8,11-16H2,1H3,(H2,27,28,33). The predicted molar refractivity (Wildman–Crippen MR) is 130 cm³/mol. The Hall–Kier alpha value is -3.79. The van der Waals surface area contributed by atoms with Crippen molar-refractivity contribution < 1.29 is 9.53 Å². The summed E-state index contributed by atoms with van der Waals surface area (Å²) in [5, 5.41) is 5.66. The Labute approximate surface area is 198 Å². The molecule has 2 amide bonds. The van der Waals surface area contributed by atoms with E-state index in [1.807, 2.05) is 37.3 Å². The van der Waals surface area contributed by atoms with Crippen LogP contribution in [0.2, 0.25) is 0 Å². The molecule has 0 unspecified atom stereocenters. The van der Waals surface area contributed by atoms with E-state index in [2.05, 4.69) is 30.4 Å². The summed E-state index contributed by atoms with van der Waals surface area (Å²) in [6, 6.07) is 9.23. The third kappa shape index (κ3) is 4.76. The van der Waals surface area contributed by atoms with Gasteiger partial charge in [-0.1, -0.05) is 6.92 Å². The molecule has 3 aromatic rings. The molecule has 5 rings (SSSR count). The first-order valence-corrected chi connectivity index (χ1v) is 11.6. The van der Waals surface area contributed by atoms with Crippen molar-refractivity contribution in [1.29, 1.82) is 0 Å². The minimum Gasteiger partial charge on any atom is -0.378 e. The van der Waals surface area contributed by atoms with Crippen LogP contribution in [-0.2, 0) is 17.8 Å². The highest BCUT2D eigenvalue weighted by Gasteiger charge is 2.29. The summed E-state index contributed by atoms with van der Waals surface area (Å²) in [6.45, 7) is 6.90. The number of benzene rings is 1. The first-order chi connectivity index (χ1) is 16.7. The largest absolute Gasteiger partial charge is 0.378 e. The van der Waals surface area contributed by atoms with Crippen molar-refractivity contribution in [2.24, 2.45) is 0 Å². The lowest BCUT2D eigenvalue weighted by atomic mass is 10.1. The maximum absolute atomic E-state index is 11.9. The highest BCUT2D eigenvalue weighted by molar-refractivity contribution is 5.89. The van der Waals surface area contributed by atoms with E-state index in [0.29, 0.717) is 44.6 Å². The van der Waals surface area contributed by atoms with Gasteiger partial charge in [0.05, 0.1) is 32.0 Å². The van der Waals surface area contributed by atoms with E-state index in [-0.39, 0.29) is 6.03 Å². The van der Waals surface area contributed by atoms with Crippen LogP contribution in [0.25, 0.3) is 11.4 Å². The average Bonchev–Trinajstić information content (AvgIpc) is 3.33. The van der Waals surface area contributed by atoms with Gasteiger partial charge in [0.25, 0.3) is 0 Å². The fourth-order valence-electron chi connectivity index (χ4n) is 4.12. The van der Waals surface area contributed by atoms with E-state index in [0.717, 1.165) is 47.8 Å². The monoisotopic (exact) mass is 460 g/mol. The number of amides is 2. The molecule has 0 bridgehead atoms. The number of urea groups is 1. The van der Waals surface area contributed by atoms with E-state index in [4.69, 9.17) is 14.7 Å². The number of fused-ring (bicyclic) bond motifs is 1. The SMILES string of the molecule is CCCNC(=O)Nc1ccc(-c2nc3c(c(N4CCOCC4)n2)CN(c2ncccn2)C3)cc1. The van der Waals surface area contributed by atoms with Gasteiger partial charge in [-0.25, -0.2) is 24.7 Å². The molecule has 0 atom stereocenters. The van der Waals surface area contributed by atoms with Gasteiger partial charge in [-0.2, -0.15) is 0 Å². The predicted octanol–water partition coefficient (Wildman–Crippen LogP) is 2.82. The molecule has 0 radical (unpaired) electrons. The first-order valence-electron chi connectivity index (χ1n) is 11.6. The summed E-state index contributed by atoms with van der Waals surface area (Å²) in [5.74, 6) is 2.30. The lowest BCUT2D eigenvalue weighted by Crippen LogP contribution is -2.37. The molecule has 0 saturated carbocycles. The van der Waals surface area contributed by atoms with Crippen molar-refractivity contribution in [3.63, 3.8) is 0 Å². The van der Waals surface area contributed by atoms with Crippen LogP contribution < -0.4 is 20.4 Å². The first kappa shape index (κ1) is 22.0. The molecular weight excluding hydrogens is 432 g/mol. The number of hydrogen-bond acceptors (Lipinski definition) is 8. The number of rotatable bonds is 6. The minimum absolute atomic E-state index is 0.207. The summed E-state index contributed by atoms with van der Waals surface area (Å²) in [7, 11) is 0. The number of carbonyl (C=O) groups excluding carboxylic acids is 1. The van der Waals surface area contributed by atoms with Crippen molar-refractivity contribution in [3.8, 4) is 11.4 Å². The van der Waals surface area contributed by atoms with Gasteiger partial charge < -0.3 is 25.2 Å². The molecule has 10 nitrogen and oxygen atoms in total. The van der Waals surface area contributed by atoms with Gasteiger partial charge in [0.2, 0.25) is 5.95 Å².